The van der Waals surface area contributed by atoms with Gasteiger partial charge in [-0.2, -0.15) is 0 Å². The van der Waals surface area contributed by atoms with Crippen molar-refractivity contribution < 1.29 is 4.79 Å². The number of carbonyl (C=O) groups excluding carboxylic acids is 1. The first-order valence-corrected chi connectivity index (χ1v) is 8.21. The molecule has 3 heteroatoms. The van der Waals surface area contributed by atoms with E-state index < -0.39 is 0 Å². The van der Waals surface area contributed by atoms with Crippen LogP contribution >= 0.6 is 0 Å². The number of rotatable bonds is 2. The molecule has 1 aliphatic heterocycles. The van der Waals surface area contributed by atoms with Gasteiger partial charge in [-0.15, -0.1) is 0 Å². The van der Waals surface area contributed by atoms with Gasteiger partial charge in [-0.1, -0.05) is 20.3 Å². The predicted octanol–water partition coefficient (Wildman–Crippen LogP) is 3.74. The van der Waals surface area contributed by atoms with E-state index in [-0.39, 0.29) is 5.91 Å². The summed E-state index contributed by atoms with van der Waals surface area (Å²) in [5.74, 6) is 0.0890. The van der Waals surface area contributed by atoms with Crippen molar-refractivity contribution in [1.82, 2.24) is 5.32 Å². The molecule has 0 aromatic heterocycles. The van der Waals surface area contributed by atoms with Gasteiger partial charge in [-0.05, 0) is 61.3 Å². The SMILES string of the molecule is CC1(C)CCCC(NC(=O)c2ccc3c(c2)CCCN3)C1. The standard InChI is InChI=1S/C18H26N2O/c1-18(2)9-3-6-15(12-18)20-17(21)14-7-8-16-13(11-14)5-4-10-19-16/h7-8,11,15,19H,3-6,9-10,12H2,1-2H3,(H,20,21). The second-order valence-corrected chi connectivity index (χ2v) is 7.33. The Labute approximate surface area is 127 Å². The maximum absolute atomic E-state index is 12.5. The lowest BCUT2D eigenvalue weighted by molar-refractivity contribution is 0.0902. The Morgan fingerprint density at radius 1 is 1.33 bits per heavy atom. The van der Waals surface area contributed by atoms with E-state index in [2.05, 4.69) is 30.5 Å². The molecule has 1 aromatic carbocycles. The van der Waals surface area contributed by atoms with Crippen molar-refractivity contribution in [2.75, 3.05) is 11.9 Å². The van der Waals surface area contributed by atoms with Gasteiger partial charge in [0.2, 0.25) is 0 Å². The predicted molar refractivity (Wildman–Crippen MR) is 86.8 cm³/mol. The molecule has 1 amide bonds. The Morgan fingerprint density at radius 3 is 3.00 bits per heavy atom. The van der Waals surface area contributed by atoms with E-state index in [1.807, 2.05) is 12.1 Å². The van der Waals surface area contributed by atoms with Crippen LogP contribution in [0.4, 0.5) is 5.69 Å². The smallest absolute Gasteiger partial charge is 0.251 e. The third kappa shape index (κ3) is 3.39. The van der Waals surface area contributed by atoms with Crippen molar-refractivity contribution in [2.24, 2.45) is 5.41 Å². The van der Waals surface area contributed by atoms with Crippen LogP contribution in [0.25, 0.3) is 0 Å². The first-order chi connectivity index (χ1) is 10.0. The molecule has 1 fully saturated rings. The van der Waals surface area contributed by atoms with E-state index >= 15 is 0 Å². The number of aryl methyl sites for hydroxylation is 1. The first-order valence-electron chi connectivity index (χ1n) is 8.21. The normalized spacial score (nSPS) is 23.8. The van der Waals surface area contributed by atoms with Crippen LogP contribution in [-0.4, -0.2) is 18.5 Å². The van der Waals surface area contributed by atoms with Crippen molar-refractivity contribution in [3.8, 4) is 0 Å². The number of anilines is 1. The summed E-state index contributed by atoms with van der Waals surface area (Å²) in [4.78, 5) is 12.5. The summed E-state index contributed by atoms with van der Waals surface area (Å²) in [5.41, 5.74) is 3.63. The fraction of sp³-hybridized carbons (Fsp3) is 0.611. The number of hydrogen-bond acceptors (Lipinski definition) is 2. The van der Waals surface area contributed by atoms with E-state index in [9.17, 15) is 4.79 Å². The van der Waals surface area contributed by atoms with Gasteiger partial charge < -0.3 is 10.6 Å². The monoisotopic (exact) mass is 286 g/mol. The molecule has 1 aromatic rings. The zero-order valence-electron chi connectivity index (χ0n) is 13.2. The van der Waals surface area contributed by atoms with Gasteiger partial charge >= 0.3 is 0 Å². The van der Waals surface area contributed by atoms with Crippen molar-refractivity contribution in [2.45, 2.75) is 58.4 Å². The molecule has 114 valence electrons. The van der Waals surface area contributed by atoms with Gasteiger partial charge in [0.25, 0.3) is 5.91 Å². The summed E-state index contributed by atoms with van der Waals surface area (Å²) in [5, 5.41) is 6.63. The molecule has 0 radical (unpaired) electrons. The van der Waals surface area contributed by atoms with Gasteiger partial charge in [-0.3, -0.25) is 4.79 Å². The Morgan fingerprint density at radius 2 is 2.19 bits per heavy atom. The van der Waals surface area contributed by atoms with Crippen LogP contribution in [0.3, 0.4) is 0 Å². The van der Waals surface area contributed by atoms with Gasteiger partial charge in [-0.25, -0.2) is 0 Å². The maximum atomic E-state index is 12.5. The number of nitrogens with one attached hydrogen (secondary N) is 2. The largest absolute Gasteiger partial charge is 0.385 e. The molecular formula is C18H26N2O. The minimum atomic E-state index is 0.0890. The maximum Gasteiger partial charge on any atom is 0.251 e. The van der Waals surface area contributed by atoms with Crippen molar-refractivity contribution >= 4 is 11.6 Å². The summed E-state index contributed by atoms with van der Waals surface area (Å²) >= 11 is 0. The summed E-state index contributed by atoms with van der Waals surface area (Å²) < 4.78 is 0. The van der Waals surface area contributed by atoms with Gasteiger partial charge in [0.05, 0.1) is 0 Å². The van der Waals surface area contributed by atoms with Crippen molar-refractivity contribution in [1.29, 1.82) is 0 Å². The Balaban J connectivity index is 1.68. The lowest BCUT2D eigenvalue weighted by atomic mass is 9.75. The number of carbonyl (C=O) groups is 1. The first kappa shape index (κ1) is 14.4. The van der Waals surface area contributed by atoms with Crippen LogP contribution in [0.2, 0.25) is 0 Å². The van der Waals surface area contributed by atoms with Gasteiger partial charge in [0.1, 0.15) is 0 Å². The minimum absolute atomic E-state index is 0.0890. The third-order valence-electron chi connectivity index (χ3n) is 4.85. The topological polar surface area (TPSA) is 41.1 Å². The molecule has 3 nitrogen and oxygen atoms in total. The lowest BCUT2D eigenvalue weighted by Crippen LogP contribution is -2.40. The molecule has 2 aliphatic rings. The molecule has 21 heavy (non-hydrogen) atoms. The molecule has 1 saturated carbocycles. The Kier molecular flexibility index (Phi) is 3.92. The zero-order chi connectivity index (χ0) is 14.9. The highest BCUT2D eigenvalue weighted by Crippen LogP contribution is 2.35. The summed E-state index contributed by atoms with van der Waals surface area (Å²) in [7, 11) is 0. The fourth-order valence-electron chi connectivity index (χ4n) is 3.71. The quantitative estimate of drug-likeness (QED) is 0.869. The van der Waals surface area contributed by atoms with E-state index in [0.29, 0.717) is 11.5 Å². The number of fused-ring (bicyclic) bond motifs is 1. The average Bonchev–Trinajstić information content (AvgIpc) is 2.45. The number of hydrogen-bond donors (Lipinski definition) is 2. The van der Waals surface area contributed by atoms with Crippen LogP contribution < -0.4 is 10.6 Å². The fourth-order valence-corrected chi connectivity index (χ4v) is 3.71. The van der Waals surface area contributed by atoms with E-state index in [0.717, 1.165) is 37.8 Å². The molecule has 1 aliphatic carbocycles. The Bertz CT molecular complexity index is 536. The molecule has 1 heterocycles. The van der Waals surface area contributed by atoms with E-state index in [1.165, 1.54) is 24.1 Å². The molecule has 0 bridgehead atoms. The van der Waals surface area contributed by atoms with Crippen LogP contribution in [-0.2, 0) is 6.42 Å². The molecular weight excluding hydrogens is 260 g/mol. The lowest BCUT2D eigenvalue weighted by Gasteiger charge is -2.35. The van der Waals surface area contributed by atoms with Gasteiger partial charge in [0.15, 0.2) is 0 Å². The third-order valence-corrected chi connectivity index (χ3v) is 4.85. The molecule has 1 unspecified atom stereocenters. The highest BCUT2D eigenvalue weighted by molar-refractivity contribution is 5.95. The summed E-state index contributed by atoms with van der Waals surface area (Å²) in [6.07, 6.45) is 6.90. The number of benzene rings is 1. The summed E-state index contributed by atoms with van der Waals surface area (Å²) in [6.45, 7) is 5.64. The van der Waals surface area contributed by atoms with Crippen molar-refractivity contribution in [3.63, 3.8) is 0 Å². The second-order valence-electron chi connectivity index (χ2n) is 7.33. The molecule has 1 atom stereocenters. The molecule has 3 rings (SSSR count). The molecule has 0 spiro atoms. The zero-order valence-corrected chi connectivity index (χ0v) is 13.2. The molecule has 2 N–H and O–H groups in total. The second kappa shape index (κ2) is 5.70. The average molecular weight is 286 g/mol. The van der Waals surface area contributed by atoms with Crippen LogP contribution in [0.5, 0.6) is 0 Å². The highest BCUT2D eigenvalue weighted by Gasteiger charge is 2.29. The number of amides is 1. The van der Waals surface area contributed by atoms with Crippen LogP contribution in [0.1, 0.15) is 61.9 Å². The van der Waals surface area contributed by atoms with Crippen LogP contribution in [0.15, 0.2) is 18.2 Å². The van der Waals surface area contributed by atoms with Gasteiger partial charge in [0, 0.05) is 23.8 Å². The van der Waals surface area contributed by atoms with Crippen molar-refractivity contribution in [3.05, 3.63) is 29.3 Å². The minimum Gasteiger partial charge on any atom is -0.385 e. The van der Waals surface area contributed by atoms with Crippen LogP contribution in [0, 0.1) is 5.41 Å². The molecule has 0 saturated heterocycles. The highest BCUT2D eigenvalue weighted by atomic mass is 16.1. The summed E-state index contributed by atoms with van der Waals surface area (Å²) in [6, 6.07) is 6.38. The Hall–Kier alpha value is -1.51. The van der Waals surface area contributed by atoms with E-state index in [4.69, 9.17) is 0 Å². The van der Waals surface area contributed by atoms with E-state index in [1.54, 1.807) is 0 Å².